The van der Waals surface area contributed by atoms with Gasteiger partial charge in [0, 0.05) is 12.1 Å². The Bertz CT molecular complexity index is 817. The number of amides is 3. The highest BCUT2D eigenvalue weighted by Crippen LogP contribution is 2.19. The molecule has 0 bridgehead atoms. The van der Waals surface area contributed by atoms with E-state index in [0.29, 0.717) is 16.9 Å². The first-order valence-electron chi connectivity index (χ1n) is 7.82. The third kappa shape index (κ3) is 3.95. The van der Waals surface area contributed by atoms with Gasteiger partial charge in [-0.15, -0.1) is 0 Å². The topological polar surface area (TPSA) is 108 Å². The van der Waals surface area contributed by atoms with Crippen LogP contribution in [0.5, 0.6) is 5.75 Å². The Kier molecular flexibility index (Phi) is 4.65. The largest absolute Gasteiger partial charge is 0.508 e. The Hall–Kier alpha value is -3.35. The number of nitrogens with one attached hydrogen (secondary N) is 3. The quantitative estimate of drug-likeness (QED) is 0.638. The average Bonchev–Trinajstić information content (AvgIpc) is 2.72. The Morgan fingerprint density at radius 3 is 2.56 bits per heavy atom. The fourth-order valence-electron chi connectivity index (χ4n) is 2.56. The van der Waals surface area contributed by atoms with Gasteiger partial charge in [-0.1, -0.05) is 12.1 Å². The van der Waals surface area contributed by atoms with Crippen molar-refractivity contribution in [2.75, 3.05) is 10.6 Å². The first-order valence-corrected chi connectivity index (χ1v) is 7.82. The molecule has 0 aliphatic carbocycles. The Labute approximate surface area is 144 Å². The number of anilines is 2. The number of phenolic OH excluding ortho intramolecular Hbond substituents is 1. The summed E-state index contributed by atoms with van der Waals surface area (Å²) < 4.78 is 0. The van der Waals surface area contributed by atoms with Gasteiger partial charge in [0.05, 0.1) is 11.3 Å². The molecular weight excluding hydrogens is 322 g/mol. The van der Waals surface area contributed by atoms with Gasteiger partial charge < -0.3 is 21.1 Å². The first kappa shape index (κ1) is 16.5. The van der Waals surface area contributed by atoms with E-state index in [1.54, 1.807) is 36.4 Å². The van der Waals surface area contributed by atoms with E-state index in [1.807, 2.05) is 0 Å². The maximum Gasteiger partial charge on any atom is 0.254 e. The zero-order valence-electron chi connectivity index (χ0n) is 13.3. The molecule has 1 heterocycles. The van der Waals surface area contributed by atoms with Crippen LogP contribution in [0.3, 0.4) is 0 Å². The summed E-state index contributed by atoms with van der Waals surface area (Å²) >= 11 is 0. The van der Waals surface area contributed by atoms with E-state index in [2.05, 4.69) is 16.0 Å². The molecule has 25 heavy (non-hydrogen) atoms. The lowest BCUT2D eigenvalue weighted by atomic mass is 10.1. The number of carbonyl (C=O) groups excluding carboxylic acids is 3. The molecule has 0 saturated carbocycles. The summed E-state index contributed by atoms with van der Waals surface area (Å²) in [5, 5.41) is 17.2. The minimum Gasteiger partial charge on any atom is -0.508 e. The lowest BCUT2D eigenvalue weighted by Crippen LogP contribution is -2.41. The molecule has 3 rings (SSSR count). The number of phenols is 1. The zero-order chi connectivity index (χ0) is 17.8. The molecule has 1 unspecified atom stereocenters. The highest BCUT2D eigenvalue weighted by Gasteiger charge is 2.27. The maximum absolute atomic E-state index is 12.2. The average molecular weight is 339 g/mol. The van der Waals surface area contributed by atoms with Crippen molar-refractivity contribution in [2.45, 2.75) is 18.9 Å². The van der Waals surface area contributed by atoms with Crippen molar-refractivity contribution in [1.29, 1.82) is 0 Å². The van der Waals surface area contributed by atoms with Crippen LogP contribution in [-0.2, 0) is 9.59 Å². The van der Waals surface area contributed by atoms with Crippen molar-refractivity contribution in [1.82, 2.24) is 5.32 Å². The molecule has 3 amide bonds. The molecular formula is C18H17N3O4. The van der Waals surface area contributed by atoms with Crippen LogP contribution in [0.1, 0.15) is 23.2 Å². The summed E-state index contributed by atoms with van der Waals surface area (Å²) in [5.74, 6) is -0.876. The van der Waals surface area contributed by atoms with Crippen molar-refractivity contribution in [2.24, 2.45) is 0 Å². The minimum atomic E-state index is -0.787. The normalized spacial score (nSPS) is 16.2. The van der Waals surface area contributed by atoms with Crippen molar-refractivity contribution in [3.63, 3.8) is 0 Å². The SMILES string of the molecule is O=C(CCC1NC(=O)c2ccccc2NC1=O)Nc1ccc(O)cc1. The van der Waals surface area contributed by atoms with Gasteiger partial charge in [-0.3, -0.25) is 14.4 Å². The molecule has 7 heteroatoms. The van der Waals surface area contributed by atoms with Gasteiger partial charge in [0.1, 0.15) is 11.8 Å². The number of carbonyl (C=O) groups is 3. The van der Waals surface area contributed by atoms with Crippen molar-refractivity contribution in [3.05, 3.63) is 54.1 Å². The molecule has 2 aromatic carbocycles. The van der Waals surface area contributed by atoms with Gasteiger partial charge in [-0.25, -0.2) is 0 Å². The van der Waals surface area contributed by atoms with Gasteiger partial charge in [-0.05, 0) is 42.8 Å². The molecule has 0 aromatic heterocycles. The van der Waals surface area contributed by atoms with E-state index in [1.165, 1.54) is 12.1 Å². The van der Waals surface area contributed by atoms with Gasteiger partial charge in [0.15, 0.2) is 0 Å². The van der Waals surface area contributed by atoms with Gasteiger partial charge >= 0.3 is 0 Å². The smallest absolute Gasteiger partial charge is 0.254 e. The fraction of sp³-hybridized carbons (Fsp3) is 0.167. The monoisotopic (exact) mass is 339 g/mol. The minimum absolute atomic E-state index is 0.0651. The second-order valence-electron chi connectivity index (χ2n) is 5.69. The highest BCUT2D eigenvalue weighted by atomic mass is 16.3. The maximum atomic E-state index is 12.2. The summed E-state index contributed by atoms with van der Waals surface area (Å²) in [5.41, 5.74) is 1.40. The number of rotatable bonds is 4. The molecule has 4 N–H and O–H groups in total. The molecule has 1 aliphatic rings. The van der Waals surface area contributed by atoms with Crippen LogP contribution in [0.4, 0.5) is 11.4 Å². The molecule has 1 aliphatic heterocycles. The summed E-state index contributed by atoms with van der Waals surface area (Å²) in [4.78, 5) is 36.5. The molecule has 0 radical (unpaired) electrons. The van der Waals surface area contributed by atoms with Crippen LogP contribution >= 0.6 is 0 Å². The van der Waals surface area contributed by atoms with Crippen LogP contribution in [0.25, 0.3) is 0 Å². The van der Waals surface area contributed by atoms with Crippen LogP contribution in [0.15, 0.2) is 48.5 Å². The molecule has 0 spiro atoms. The predicted molar refractivity (Wildman–Crippen MR) is 92.3 cm³/mol. The summed E-state index contributed by atoms with van der Waals surface area (Å²) in [6, 6.07) is 12.0. The second kappa shape index (κ2) is 7.04. The standard InChI is InChI=1S/C18H17N3O4/c22-12-7-5-11(6-8-12)19-16(23)10-9-15-18(25)20-14-4-2-1-3-13(14)17(24)21-15/h1-8,15,22H,9-10H2,(H,19,23)(H,20,25)(H,21,24). The zero-order valence-corrected chi connectivity index (χ0v) is 13.3. The van der Waals surface area contributed by atoms with E-state index in [4.69, 9.17) is 0 Å². The fourth-order valence-corrected chi connectivity index (χ4v) is 2.56. The molecule has 0 saturated heterocycles. The second-order valence-corrected chi connectivity index (χ2v) is 5.69. The molecule has 128 valence electrons. The van der Waals surface area contributed by atoms with Crippen LogP contribution in [-0.4, -0.2) is 28.9 Å². The first-order chi connectivity index (χ1) is 12.0. The number of para-hydroxylation sites is 1. The Morgan fingerprint density at radius 2 is 1.80 bits per heavy atom. The highest BCUT2D eigenvalue weighted by molar-refractivity contribution is 6.09. The van der Waals surface area contributed by atoms with Crippen molar-refractivity contribution < 1.29 is 19.5 Å². The number of hydrogen-bond donors (Lipinski definition) is 4. The van der Waals surface area contributed by atoms with E-state index >= 15 is 0 Å². The van der Waals surface area contributed by atoms with E-state index in [0.717, 1.165) is 0 Å². The van der Waals surface area contributed by atoms with E-state index < -0.39 is 6.04 Å². The number of aromatic hydroxyl groups is 1. The van der Waals surface area contributed by atoms with E-state index in [-0.39, 0.29) is 36.3 Å². The van der Waals surface area contributed by atoms with Gasteiger partial charge in [0.25, 0.3) is 5.91 Å². The van der Waals surface area contributed by atoms with Crippen LogP contribution in [0, 0.1) is 0 Å². The van der Waals surface area contributed by atoms with Gasteiger partial charge in [0.2, 0.25) is 11.8 Å². The summed E-state index contributed by atoms with van der Waals surface area (Å²) in [6.07, 6.45) is 0.241. The molecule has 0 fully saturated rings. The summed E-state index contributed by atoms with van der Waals surface area (Å²) in [7, 11) is 0. The molecule has 7 nitrogen and oxygen atoms in total. The van der Waals surface area contributed by atoms with Crippen molar-refractivity contribution >= 4 is 29.1 Å². The molecule has 1 atom stereocenters. The number of benzene rings is 2. The van der Waals surface area contributed by atoms with Crippen LogP contribution in [0.2, 0.25) is 0 Å². The van der Waals surface area contributed by atoms with E-state index in [9.17, 15) is 19.5 Å². The third-order valence-electron chi connectivity index (χ3n) is 3.86. The lowest BCUT2D eigenvalue weighted by Gasteiger charge is -2.14. The van der Waals surface area contributed by atoms with Crippen molar-refractivity contribution in [3.8, 4) is 5.75 Å². The Balaban J connectivity index is 1.59. The third-order valence-corrected chi connectivity index (χ3v) is 3.86. The Morgan fingerprint density at radius 1 is 1.08 bits per heavy atom. The van der Waals surface area contributed by atoms with Crippen LogP contribution < -0.4 is 16.0 Å². The van der Waals surface area contributed by atoms with Gasteiger partial charge in [-0.2, -0.15) is 0 Å². The number of hydrogen-bond acceptors (Lipinski definition) is 4. The lowest BCUT2D eigenvalue weighted by molar-refractivity contribution is -0.118. The summed E-state index contributed by atoms with van der Waals surface area (Å²) in [6.45, 7) is 0. The molecule has 2 aromatic rings. The number of fused-ring (bicyclic) bond motifs is 1. The predicted octanol–water partition coefficient (Wildman–Crippen LogP) is 1.86.